The van der Waals surface area contributed by atoms with E-state index in [0.717, 1.165) is 0 Å². The number of nitrogens with one attached hydrogen (secondary N) is 1. The number of amides is 1. The lowest BCUT2D eigenvalue weighted by Gasteiger charge is -2.10. The van der Waals surface area contributed by atoms with Gasteiger partial charge in [-0.15, -0.1) is 0 Å². The molecule has 130 valence electrons. The van der Waals surface area contributed by atoms with E-state index < -0.39 is 18.7 Å². The lowest BCUT2D eigenvalue weighted by Crippen LogP contribution is -2.23. The smallest absolute Gasteiger partial charge is 0.422 e. The van der Waals surface area contributed by atoms with E-state index in [1.807, 2.05) is 6.92 Å². The maximum absolute atomic E-state index is 12.2. The number of carbonyl (C=O) groups is 1. The second-order valence-electron chi connectivity index (χ2n) is 4.89. The van der Waals surface area contributed by atoms with E-state index in [2.05, 4.69) is 15.2 Å². The zero-order valence-corrected chi connectivity index (χ0v) is 13.5. The van der Waals surface area contributed by atoms with E-state index in [0.29, 0.717) is 17.3 Å². The van der Waals surface area contributed by atoms with Crippen molar-refractivity contribution in [3.05, 3.63) is 46.7 Å². The Hall–Kier alpha value is -2.22. The monoisotopic (exact) mass is 361 g/mol. The van der Waals surface area contributed by atoms with Crippen LogP contribution in [-0.2, 0) is 13.1 Å². The first-order chi connectivity index (χ1) is 11.3. The number of alkyl halides is 3. The first-order valence-electron chi connectivity index (χ1n) is 7.08. The standard InChI is InChI=1S/C15H15ClF3N3O2/c1-2-22-8-12(16)13(21-22)7-20-14(23)10-4-3-5-11(6-10)24-9-15(17,18)19/h3-6,8H,2,7,9H2,1H3,(H,20,23). The van der Waals surface area contributed by atoms with Crippen molar-refractivity contribution in [2.75, 3.05) is 6.61 Å². The van der Waals surface area contributed by atoms with Gasteiger partial charge in [-0.25, -0.2) is 0 Å². The van der Waals surface area contributed by atoms with Crippen molar-refractivity contribution in [2.45, 2.75) is 26.2 Å². The van der Waals surface area contributed by atoms with Crippen LogP contribution in [0.1, 0.15) is 23.0 Å². The van der Waals surface area contributed by atoms with E-state index in [4.69, 9.17) is 11.6 Å². The molecule has 0 bridgehead atoms. The predicted molar refractivity (Wildman–Crippen MR) is 82.1 cm³/mol. The maximum atomic E-state index is 12.2. The summed E-state index contributed by atoms with van der Waals surface area (Å²) >= 11 is 6.00. The Morgan fingerprint density at radius 2 is 2.17 bits per heavy atom. The van der Waals surface area contributed by atoms with Crippen molar-refractivity contribution in [1.29, 1.82) is 0 Å². The average Bonchev–Trinajstić information content (AvgIpc) is 2.90. The van der Waals surface area contributed by atoms with Crippen LogP contribution < -0.4 is 10.1 Å². The Labute approximate surface area is 141 Å². The summed E-state index contributed by atoms with van der Waals surface area (Å²) in [7, 11) is 0. The zero-order chi connectivity index (χ0) is 17.7. The van der Waals surface area contributed by atoms with Crippen LogP contribution in [-0.4, -0.2) is 28.5 Å². The molecule has 1 amide bonds. The summed E-state index contributed by atoms with van der Waals surface area (Å²) in [5.41, 5.74) is 0.692. The molecule has 1 heterocycles. The van der Waals surface area contributed by atoms with Gasteiger partial charge in [0.25, 0.3) is 5.91 Å². The highest BCUT2D eigenvalue weighted by molar-refractivity contribution is 6.31. The van der Waals surface area contributed by atoms with Gasteiger partial charge in [0, 0.05) is 18.3 Å². The van der Waals surface area contributed by atoms with Crippen molar-refractivity contribution in [2.24, 2.45) is 0 Å². The van der Waals surface area contributed by atoms with Crippen molar-refractivity contribution in [3.8, 4) is 5.75 Å². The molecule has 5 nitrogen and oxygen atoms in total. The molecule has 24 heavy (non-hydrogen) atoms. The number of nitrogens with zero attached hydrogens (tertiary/aromatic N) is 2. The van der Waals surface area contributed by atoms with Crippen LogP contribution in [0, 0.1) is 0 Å². The molecule has 0 aliphatic carbocycles. The van der Waals surface area contributed by atoms with Crippen LogP contribution in [0.25, 0.3) is 0 Å². The Kier molecular flexibility index (Phi) is 5.71. The molecule has 0 saturated carbocycles. The molecular formula is C15H15ClF3N3O2. The van der Waals surface area contributed by atoms with E-state index in [1.54, 1.807) is 10.9 Å². The molecular weight excluding hydrogens is 347 g/mol. The van der Waals surface area contributed by atoms with Crippen LogP contribution in [0.4, 0.5) is 13.2 Å². The number of halogens is 4. The highest BCUT2D eigenvalue weighted by Crippen LogP contribution is 2.19. The Morgan fingerprint density at radius 3 is 2.79 bits per heavy atom. The van der Waals surface area contributed by atoms with Gasteiger partial charge in [-0.2, -0.15) is 18.3 Å². The summed E-state index contributed by atoms with van der Waals surface area (Å²) in [6.07, 6.45) is -2.79. The first kappa shape index (κ1) is 18.1. The third-order valence-corrected chi connectivity index (χ3v) is 3.34. The lowest BCUT2D eigenvalue weighted by atomic mass is 10.2. The molecule has 1 N–H and O–H groups in total. The molecule has 2 rings (SSSR count). The van der Waals surface area contributed by atoms with Gasteiger partial charge in [0.1, 0.15) is 11.4 Å². The third-order valence-electron chi connectivity index (χ3n) is 3.03. The molecule has 1 aromatic heterocycles. The summed E-state index contributed by atoms with van der Waals surface area (Å²) in [5, 5.41) is 7.23. The van der Waals surface area contributed by atoms with Crippen molar-refractivity contribution in [3.63, 3.8) is 0 Å². The van der Waals surface area contributed by atoms with Gasteiger partial charge in [-0.05, 0) is 25.1 Å². The summed E-state index contributed by atoms with van der Waals surface area (Å²) in [5.74, 6) is -0.497. The molecule has 0 saturated heterocycles. The molecule has 0 aliphatic heterocycles. The number of rotatable bonds is 6. The van der Waals surface area contributed by atoms with Crippen molar-refractivity contribution in [1.82, 2.24) is 15.1 Å². The van der Waals surface area contributed by atoms with E-state index >= 15 is 0 Å². The van der Waals surface area contributed by atoms with E-state index in [9.17, 15) is 18.0 Å². The quantitative estimate of drug-likeness (QED) is 0.857. The van der Waals surface area contributed by atoms with Crippen molar-refractivity contribution >= 4 is 17.5 Å². The molecule has 0 aliphatic rings. The minimum absolute atomic E-state index is 0.0340. The fraction of sp³-hybridized carbons (Fsp3) is 0.333. The first-order valence-corrected chi connectivity index (χ1v) is 7.46. The van der Waals surface area contributed by atoms with Gasteiger partial charge in [0.05, 0.1) is 11.6 Å². The normalized spacial score (nSPS) is 11.4. The third kappa shape index (κ3) is 5.16. The second kappa shape index (κ2) is 7.57. The molecule has 0 atom stereocenters. The lowest BCUT2D eigenvalue weighted by molar-refractivity contribution is -0.153. The van der Waals surface area contributed by atoms with Gasteiger partial charge in [-0.3, -0.25) is 9.48 Å². The van der Waals surface area contributed by atoms with E-state index in [-0.39, 0.29) is 17.9 Å². The Balaban J connectivity index is 1.98. The Bertz CT molecular complexity index is 716. The molecule has 9 heteroatoms. The number of hydrogen-bond donors (Lipinski definition) is 1. The number of ether oxygens (including phenoxy) is 1. The van der Waals surface area contributed by atoms with Crippen LogP contribution in [0.2, 0.25) is 5.02 Å². The zero-order valence-electron chi connectivity index (χ0n) is 12.7. The summed E-state index contributed by atoms with van der Waals surface area (Å²) in [6.45, 7) is 1.24. The molecule has 0 spiro atoms. The highest BCUT2D eigenvalue weighted by atomic mass is 35.5. The SMILES string of the molecule is CCn1cc(Cl)c(CNC(=O)c2cccc(OCC(F)(F)F)c2)n1. The summed E-state index contributed by atoms with van der Waals surface area (Å²) < 4.78 is 42.7. The van der Waals surface area contributed by atoms with Crippen molar-refractivity contribution < 1.29 is 22.7 Å². The largest absolute Gasteiger partial charge is 0.484 e. The minimum atomic E-state index is -4.44. The van der Waals surface area contributed by atoms with Gasteiger partial charge in [0.15, 0.2) is 6.61 Å². The predicted octanol–water partition coefficient (Wildman–Crippen LogP) is 3.43. The van der Waals surface area contributed by atoms with Gasteiger partial charge in [-0.1, -0.05) is 17.7 Å². The van der Waals surface area contributed by atoms with E-state index in [1.165, 1.54) is 24.3 Å². The fourth-order valence-electron chi connectivity index (χ4n) is 1.88. The van der Waals surface area contributed by atoms with Gasteiger partial charge < -0.3 is 10.1 Å². The van der Waals surface area contributed by atoms with Gasteiger partial charge in [0.2, 0.25) is 0 Å². The number of benzene rings is 1. The summed E-state index contributed by atoms with van der Waals surface area (Å²) in [4.78, 5) is 12.1. The van der Waals surface area contributed by atoms with Crippen LogP contribution >= 0.6 is 11.6 Å². The Morgan fingerprint density at radius 1 is 1.42 bits per heavy atom. The van der Waals surface area contributed by atoms with Crippen LogP contribution in [0.3, 0.4) is 0 Å². The van der Waals surface area contributed by atoms with Gasteiger partial charge >= 0.3 is 6.18 Å². The molecule has 0 fully saturated rings. The fourth-order valence-corrected chi connectivity index (χ4v) is 2.09. The molecule has 0 radical (unpaired) electrons. The topological polar surface area (TPSA) is 56.2 Å². The van der Waals surface area contributed by atoms with Crippen LogP contribution in [0.15, 0.2) is 30.5 Å². The minimum Gasteiger partial charge on any atom is -0.484 e. The number of aryl methyl sites for hydroxylation is 1. The molecule has 1 aromatic carbocycles. The number of aromatic nitrogens is 2. The summed E-state index contributed by atoms with van der Waals surface area (Å²) in [6, 6.07) is 5.51. The van der Waals surface area contributed by atoms with Crippen LogP contribution in [0.5, 0.6) is 5.75 Å². The highest BCUT2D eigenvalue weighted by Gasteiger charge is 2.28. The number of hydrogen-bond acceptors (Lipinski definition) is 3. The second-order valence-corrected chi connectivity index (χ2v) is 5.30. The molecule has 0 unspecified atom stereocenters. The average molecular weight is 362 g/mol. The number of carbonyl (C=O) groups excluding carboxylic acids is 1. The maximum Gasteiger partial charge on any atom is 0.422 e. The molecule has 2 aromatic rings.